The first-order valence-electron chi connectivity index (χ1n) is 8.49. The minimum Gasteiger partial charge on any atom is -0.508 e. The van der Waals surface area contributed by atoms with Gasteiger partial charge in [0.1, 0.15) is 5.75 Å². The SMILES string of the molecule is CCCC(C(=O)Nc1cc(C(C)C)c(O)cc1C)c1ccccn1. The number of phenolic OH excluding ortho intramolecular Hbond substituents is 1. The second-order valence-corrected chi connectivity index (χ2v) is 6.47. The van der Waals surface area contributed by atoms with Gasteiger partial charge in [0.05, 0.1) is 11.6 Å². The number of pyridine rings is 1. The van der Waals surface area contributed by atoms with Gasteiger partial charge in [0, 0.05) is 11.9 Å². The molecule has 128 valence electrons. The maximum atomic E-state index is 12.8. The van der Waals surface area contributed by atoms with E-state index in [9.17, 15) is 9.90 Å². The van der Waals surface area contributed by atoms with Crippen LogP contribution in [0.3, 0.4) is 0 Å². The van der Waals surface area contributed by atoms with E-state index in [1.54, 1.807) is 12.3 Å². The Balaban J connectivity index is 2.28. The van der Waals surface area contributed by atoms with Gasteiger partial charge in [-0.2, -0.15) is 0 Å². The average molecular weight is 326 g/mol. The molecule has 1 aromatic carbocycles. The van der Waals surface area contributed by atoms with Crippen LogP contribution in [-0.2, 0) is 4.79 Å². The lowest BCUT2D eigenvalue weighted by Crippen LogP contribution is -2.22. The van der Waals surface area contributed by atoms with Gasteiger partial charge in [-0.25, -0.2) is 0 Å². The van der Waals surface area contributed by atoms with Crippen LogP contribution in [0.25, 0.3) is 0 Å². The number of anilines is 1. The topological polar surface area (TPSA) is 62.2 Å². The molecule has 2 aromatic rings. The first kappa shape index (κ1) is 18.0. The summed E-state index contributed by atoms with van der Waals surface area (Å²) in [5.41, 5.74) is 3.22. The van der Waals surface area contributed by atoms with Gasteiger partial charge in [-0.1, -0.05) is 33.3 Å². The summed E-state index contributed by atoms with van der Waals surface area (Å²) < 4.78 is 0. The molecule has 4 heteroatoms. The van der Waals surface area contributed by atoms with Crippen LogP contribution in [0.15, 0.2) is 36.5 Å². The second-order valence-electron chi connectivity index (χ2n) is 6.47. The lowest BCUT2D eigenvalue weighted by atomic mass is 9.96. The standard InChI is InChI=1S/C20H26N2O2/c1-5-8-15(17-9-6-7-10-21-17)20(24)22-18-12-16(13(2)3)19(23)11-14(18)4/h6-7,9-13,15,23H,5,8H2,1-4H3,(H,22,24). The lowest BCUT2D eigenvalue weighted by molar-refractivity contribution is -0.117. The Kier molecular flexibility index (Phi) is 5.96. The van der Waals surface area contributed by atoms with E-state index >= 15 is 0 Å². The van der Waals surface area contributed by atoms with Crippen molar-refractivity contribution in [3.05, 3.63) is 53.3 Å². The van der Waals surface area contributed by atoms with Crippen LogP contribution in [0.2, 0.25) is 0 Å². The third-order valence-electron chi connectivity index (χ3n) is 4.19. The number of carbonyl (C=O) groups is 1. The van der Waals surface area contributed by atoms with E-state index in [2.05, 4.69) is 17.2 Å². The molecule has 24 heavy (non-hydrogen) atoms. The number of phenols is 1. The molecule has 0 saturated heterocycles. The number of amides is 1. The van der Waals surface area contributed by atoms with Crippen LogP contribution in [-0.4, -0.2) is 16.0 Å². The predicted octanol–water partition coefficient (Wildman–Crippen LogP) is 4.74. The van der Waals surface area contributed by atoms with Gasteiger partial charge < -0.3 is 10.4 Å². The van der Waals surface area contributed by atoms with E-state index in [0.717, 1.165) is 35.3 Å². The summed E-state index contributed by atoms with van der Waals surface area (Å²) in [4.78, 5) is 17.1. The quantitative estimate of drug-likeness (QED) is 0.754. The fourth-order valence-electron chi connectivity index (χ4n) is 2.81. The molecule has 2 N–H and O–H groups in total. The van der Waals surface area contributed by atoms with Crippen molar-refractivity contribution in [1.82, 2.24) is 4.98 Å². The average Bonchev–Trinajstić information content (AvgIpc) is 2.55. The fraction of sp³-hybridized carbons (Fsp3) is 0.400. The number of nitrogens with zero attached hydrogens (tertiary/aromatic N) is 1. The highest BCUT2D eigenvalue weighted by molar-refractivity contribution is 5.96. The van der Waals surface area contributed by atoms with Gasteiger partial charge in [-0.3, -0.25) is 9.78 Å². The van der Waals surface area contributed by atoms with Crippen LogP contribution in [0, 0.1) is 6.92 Å². The molecule has 0 radical (unpaired) electrons. The number of hydrogen-bond acceptors (Lipinski definition) is 3. The van der Waals surface area contributed by atoms with E-state index < -0.39 is 0 Å². The number of aromatic nitrogens is 1. The maximum absolute atomic E-state index is 12.8. The van der Waals surface area contributed by atoms with Crippen molar-refractivity contribution in [2.75, 3.05) is 5.32 Å². The molecule has 2 rings (SSSR count). The Morgan fingerprint density at radius 3 is 2.62 bits per heavy atom. The zero-order chi connectivity index (χ0) is 17.7. The highest BCUT2D eigenvalue weighted by Crippen LogP contribution is 2.32. The molecule has 0 saturated carbocycles. The molecule has 1 heterocycles. The van der Waals surface area contributed by atoms with Crippen LogP contribution < -0.4 is 5.32 Å². The summed E-state index contributed by atoms with van der Waals surface area (Å²) in [5.74, 6) is 0.129. The molecule has 0 bridgehead atoms. The monoisotopic (exact) mass is 326 g/mol. The number of aromatic hydroxyl groups is 1. The van der Waals surface area contributed by atoms with Crippen molar-refractivity contribution in [3.63, 3.8) is 0 Å². The van der Waals surface area contributed by atoms with Crippen molar-refractivity contribution < 1.29 is 9.90 Å². The maximum Gasteiger partial charge on any atom is 0.233 e. The Labute approximate surface area is 143 Å². The van der Waals surface area contributed by atoms with Gasteiger partial charge in [0.25, 0.3) is 0 Å². The predicted molar refractivity (Wildman–Crippen MR) is 97.4 cm³/mol. The highest BCUT2D eigenvalue weighted by atomic mass is 16.3. The summed E-state index contributed by atoms with van der Waals surface area (Å²) in [7, 11) is 0. The van der Waals surface area contributed by atoms with Gasteiger partial charge >= 0.3 is 0 Å². The fourth-order valence-corrected chi connectivity index (χ4v) is 2.81. The highest BCUT2D eigenvalue weighted by Gasteiger charge is 2.22. The number of hydrogen-bond donors (Lipinski definition) is 2. The van der Waals surface area contributed by atoms with Gasteiger partial charge in [-0.05, 0) is 54.7 Å². The van der Waals surface area contributed by atoms with Gasteiger partial charge in [0.15, 0.2) is 0 Å². The third-order valence-corrected chi connectivity index (χ3v) is 4.19. The van der Waals surface area contributed by atoms with Crippen LogP contribution in [0.1, 0.15) is 62.3 Å². The molecule has 0 aliphatic rings. The van der Waals surface area contributed by atoms with Crippen molar-refractivity contribution in [2.24, 2.45) is 0 Å². The van der Waals surface area contributed by atoms with Crippen molar-refractivity contribution in [1.29, 1.82) is 0 Å². The molecule has 1 aromatic heterocycles. The summed E-state index contributed by atoms with van der Waals surface area (Å²) in [6, 6.07) is 9.22. The number of carbonyl (C=O) groups excluding carboxylic acids is 1. The molecule has 1 amide bonds. The van der Waals surface area contributed by atoms with E-state index in [1.165, 1.54) is 0 Å². The van der Waals surface area contributed by atoms with E-state index in [0.29, 0.717) is 0 Å². The molecule has 0 aliphatic carbocycles. The first-order valence-corrected chi connectivity index (χ1v) is 8.49. The number of aryl methyl sites for hydroxylation is 1. The molecular weight excluding hydrogens is 300 g/mol. The Hall–Kier alpha value is -2.36. The Morgan fingerprint density at radius 1 is 1.29 bits per heavy atom. The Bertz CT molecular complexity index is 696. The van der Waals surface area contributed by atoms with E-state index in [4.69, 9.17) is 0 Å². The summed E-state index contributed by atoms with van der Waals surface area (Å²) in [5, 5.41) is 13.1. The van der Waals surface area contributed by atoms with Gasteiger partial charge in [-0.15, -0.1) is 0 Å². The zero-order valence-corrected chi connectivity index (χ0v) is 14.8. The second kappa shape index (κ2) is 7.95. The molecule has 0 spiro atoms. The zero-order valence-electron chi connectivity index (χ0n) is 14.8. The molecule has 0 fully saturated rings. The minimum absolute atomic E-state index is 0.0564. The van der Waals surface area contributed by atoms with E-state index in [-0.39, 0.29) is 23.5 Å². The number of rotatable bonds is 6. The van der Waals surface area contributed by atoms with Crippen molar-refractivity contribution >= 4 is 11.6 Å². The normalized spacial score (nSPS) is 12.2. The molecule has 4 nitrogen and oxygen atoms in total. The third kappa shape index (κ3) is 4.13. The Morgan fingerprint density at radius 2 is 2.04 bits per heavy atom. The summed E-state index contributed by atoms with van der Waals surface area (Å²) >= 11 is 0. The van der Waals surface area contributed by atoms with Crippen LogP contribution in [0.4, 0.5) is 5.69 Å². The lowest BCUT2D eigenvalue weighted by Gasteiger charge is -2.18. The van der Waals surface area contributed by atoms with Crippen molar-refractivity contribution in [3.8, 4) is 5.75 Å². The largest absolute Gasteiger partial charge is 0.508 e. The minimum atomic E-state index is -0.271. The van der Waals surface area contributed by atoms with Crippen molar-refractivity contribution in [2.45, 2.75) is 52.4 Å². The number of benzene rings is 1. The molecule has 1 unspecified atom stereocenters. The first-order chi connectivity index (χ1) is 11.4. The smallest absolute Gasteiger partial charge is 0.233 e. The molecule has 1 atom stereocenters. The summed E-state index contributed by atoms with van der Waals surface area (Å²) in [6.07, 6.45) is 3.37. The molecule has 0 aliphatic heterocycles. The van der Waals surface area contributed by atoms with Crippen LogP contribution >= 0.6 is 0 Å². The van der Waals surface area contributed by atoms with E-state index in [1.807, 2.05) is 45.0 Å². The summed E-state index contributed by atoms with van der Waals surface area (Å²) in [6.45, 7) is 7.98. The van der Waals surface area contributed by atoms with Gasteiger partial charge in [0.2, 0.25) is 5.91 Å². The molecular formula is C20H26N2O2. The number of nitrogens with one attached hydrogen (secondary N) is 1. The van der Waals surface area contributed by atoms with Crippen LogP contribution in [0.5, 0.6) is 5.75 Å².